The highest BCUT2D eigenvalue weighted by molar-refractivity contribution is 5.50. The Morgan fingerprint density at radius 1 is 1.26 bits per heavy atom. The number of hydrogen-bond acceptors (Lipinski definition) is 2. The van der Waals surface area contributed by atoms with Crippen molar-refractivity contribution in [2.24, 2.45) is 34.5 Å². The van der Waals surface area contributed by atoms with E-state index in [1.807, 2.05) is 6.08 Å². The molecule has 0 aliphatic heterocycles. The summed E-state index contributed by atoms with van der Waals surface area (Å²) in [7, 11) is 0. The molecular weight excluding hydrogens is 284 g/mol. The lowest BCUT2D eigenvalue weighted by molar-refractivity contribution is -0.110. The maximum atomic E-state index is 11.1. The van der Waals surface area contributed by atoms with Gasteiger partial charge in [0.2, 0.25) is 0 Å². The van der Waals surface area contributed by atoms with Gasteiger partial charge in [-0.05, 0) is 67.6 Å². The smallest absolute Gasteiger partial charge is 0.120 e. The van der Waals surface area contributed by atoms with E-state index in [1.165, 1.54) is 37.7 Å². The van der Waals surface area contributed by atoms with Crippen molar-refractivity contribution < 1.29 is 9.90 Å². The summed E-state index contributed by atoms with van der Waals surface area (Å²) in [5.74, 6) is 2.87. The van der Waals surface area contributed by atoms with E-state index < -0.39 is 0 Å². The fourth-order valence-electron chi connectivity index (χ4n) is 6.85. The average Bonchev–Trinajstić information content (AvgIpc) is 2.85. The molecule has 0 spiro atoms. The SMILES string of the molecule is CC12C=CC(O)CC1=CCC1C2CCC2(C)C(CC=O)CCC12. The molecule has 0 heterocycles. The van der Waals surface area contributed by atoms with Gasteiger partial charge in [-0.3, -0.25) is 0 Å². The van der Waals surface area contributed by atoms with Crippen LogP contribution in [-0.2, 0) is 4.79 Å². The lowest BCUT2D eigenvalue weighted by atomic mass is 9.48. The Bertz CT molecular complexity index is 562. The summed E-state index contributed by atoms with van der Waals surface area (Å²) >= 11 is 0. The maximum absolute atomic E-state index is 11.1. The second-order valence-electron chi connectivity index (χ2n) is 8.98. The van der Waals surface area contributed by atoms with Crippen molar-refractivity contribution in [3.05, 3.63) is 23.8 Å². The zero-order chi connectivity index (χ0) is 16.2. The zero-order valence-electron chi connectivity index (χ0n) is 14.5. The fourth-order valence-corrected chi connectivity index (χ4v) is 6.85. The second-order valence-corrected chi connectivity index (χ2v) is 8.98. The van der Waals surface area contributed by atoms with Gasteiger partial charge in [0.15, 0.2) is 0 Å². The van der Waals surface area contributed by atoms with Crippen LogP contribution in [0.1, 0.15) is 58.8 Å². The van der Waals surface area contributed by atoms with Crippen LogP contribution < -0.4 is 0 Å². The summed E-state index contributed by atoms with van der Waals surface area (Å²) in [4.78, 5) is 11.1. The van der Waals surface area contributed by atoms with Crippen molar-refractivity contribution in [1.82, 2.24) is 0 Å². The minimum Gasteiger partial charge on any atom is -0.389 e. The van der Waals surface area contributed by atoms with Crippen LogP contribution in [0.5, 0.6) is 0 Å². The predicted molar refractivity (Wildman–Crippen MR) is 91.8 cm³/mol. The summed E-state index contributed by atoms with van der Waals surface area (Å²) in [6.45, 7) is 4.87. The molecule has 126 valence electrons. The molecule has 4 aliphatic rings. The minimum atomic E-state index is -0.289. The highest BCUT2D eigenvalue weighted by Crippen LogP contribution is 2.65. The number of fused-ring (bicyclic) bond motifs is 5. The lowest BCUT2D eigenvalue weighted by Gasteiger charge is -2.56. The molecule has 23 heavy (non-hydrogen) atoms. The van der Waals surface area contributed by atoms with Gasteiger partial charge in [0, 0.05) is 11.8 Å². The minimum absolute atomic E-state index is 0.159. The third-order valence-electron chi connectivity index (χ3n) is 8.21. The number of carbonyl (C=O) groups is 1. The van der Waals surface area contributed by atoms with E-state index in [2.05, 4.69) is 26.0 Å². The number of aliphatic hydroxyl groups excluding tert-OH is 1. The van der Waals surface area contributed by atoms with Crippen LogP contribution in [0.2, 0.25) is 0 Å². The Labute approximate surface area is 140 Å². The van der Waals surface area contributed by atoms with Crippen LogP contribution in [0, 0.1) is 34.5 Å². The highest BCUT2D eigenvalue weighted by atomic mass is 16.3. The molecule has 2 nitrogen and oxygen atoms in total. The molecule has 0 amide bonds. The van der Waals surface area contributed by atoms with Gasteiger partial charge >= 0.3 is 0 Å². The van der Waals surface area contributed by atoms with E-state index in [1.54, 1.807) is 0 Å². The van der Waals surface area contributed by atoms with Crippen LogP contribution in [0.25, 0.3) is 0 Å². The van der Waals surface area contributed by atoms with Gasteiger partial charge in [-0.15, -0.1) is 0 Å². The summed E-state index contributed by atoms with van der Waals surface area (Å²) in [6.07, 6.45) is 15.5. The second kappa shape index (κ2) is 5.31. The summed E-state index contributed by atoms with van der Waals surface area (Å²) in [5.41, 5.74) is 2.01. The predicted octanol–water partition coefficient (Wildman–Crippen LogP) is 4.29. The Hall–Kier alpha value is -0.890. The van der Waals surface area contributed by atoms with E-state index in [4.69, 9.17) is 0 Å². The van der Waals surface area contributed by atoms with Crippen LogP contribution in [0.15, 0.2) is 23.8 Å². The number of aliphatic hydroxyl groups is 1. The topological polar surface area (TPSA) is 37.3 Å². The van der Waals surface area contributed by atoms with E-state index in [0.717, 1.165) is 36.9 Å². The molecule has 0 bridgehead atoms. The number of allylic oxidation sites excluding steroid dienone is 2. The quantitative estimate of drug-likeness (QED) is 0.610. The first kappa shape index (κ1) is 15.6. The molecule has 7 atom stereocenters. The van der Waals surface area contributed by atoms with Gasteiger partial charge in [0.25, 0.3) is 0 Å². The normalized spacial score (nSPS) is 51.4. The molecule has 0 saturated heterocycles. The third kappa shape index (κ3) is 2.13. The van der Waals surface area contributed by atoms with Crippen LogP contribution in [0.4, 0.5) is 0 Å². The fraction of sp³-hybridized carbons (Fsp3) is 0.762. The first-order chi connectivity index (χ1) is 11.0. The molecule has 0 aromatic rings. The summed E-state index contributed by atoms with van der Waals surface area (Å²) < 4.78 is 0. The third-order valence-corrected chi connectivity index (χ3v) is 8.21. The van der Waals surface area contributed by atoms with Gasteiger partial charge in [-0.1, -0.05) is 37.6 Å². The first-order valence-electron chi connectivity index (χ1n) is 9.49. The molecule has 7 unspecified atom stereocenters. The van der Waals surface area contributed by atoms with Crippen molar-refractivity contribution in [2.45, 2.75) is 64.9 Å². The Morgan fingerprint density at radius 2 is 2.09 bits per heavy atom. The molecule has 2 saturated carbocycles. The van der Waals surface area contributed by atoms with Gasteiger partial charge < -0.3 is 9.90 Å². The molecule has 2 fully saturated rings. The number of carbonyl (C=O) groups excluding carboxylic acids is 1. The van der Waals surface area contributed by atoms with E-state index in [-0.39, 0.29) is 11.5 Å². The van der Waals surface area contributed by atoms with Gasteiger partial charge in [-0.2, -0.15) is 0 Å². The van der Waals surface area contributed by atoms with Gasteiger partial charge in [0.1, 0.15) is 6.29 Å². The monoisotopic (exact) mass is 314 g/mol. The van der Waals surface area contributed by atoms with Crippen LogP contribution in [-0.4, -0.2) is 17.5 Å². The molecule has 4 aliphatic carbocycles. The van der Waals surface area contributed by atoms with Crippen molar-refractivity contribution in [3.8, 4) is 0 Å². The Kier molecular flexibility index (Phi) is 3.61. The number of rotatable bonds is 2. The van der Waals surface area contributed by atoms with E-state index in [9.17, 15) is 9.90 Å². The Morgan fingerprint density at radius 3 is 2.87 bits per heavy atom. The van der Waals surface area contributed by atoms with Crippen molar-refractivity contribution in [1.29, 1.82) is 0 Å². The van der Waals surface area contributed by atoms with Crippen molar-refractivity contribution in [2.75, 3.05) is 0 Å². The molecule has 2 heteroatoms. The highest BCUT2D eigenvalue weighted by Gasteiger charge is 2.57. The van der Waals surface area contributed by atoms with Gasteiger partial charge in [0.05, 0.1) is 6.10 Å². The number of hydrogen-bond donors (Lipinski definition) is 1. The molecule has 1 N–H and O–H groups in total. The van der Waals surface area contributed by atoms with E-state index in [0.29, 0.717) is 11.3 Å². The zero-order valence-corrected chi connectivity index (χ0v) is 14.5. The summed E-state index contributed by atoms with van der Waals surface area (Å²) in [5, 5.41) is 9.98. The van der Waals surface area contributed by atoms with Gasteiger partial charge in [-0.25, -0.2) is 0 Å². The maximum Gasteiger partial charge on any atom is 0.120 e. The molecular formula is C21H30O2. The Balaban J connectivity index is 1.66. The van der Waals surface area contributed by atoms with Crippen molar-refractivity contribution >= 4 is 6.29 Å². The average molecular weight is 314 g/mol. The lowest BCUT2D eigenvalue weighted by Crippen LogP contribution is -2.49. The van der Waals surface area contributed by atoms with E-state index >= 15 is 0 Å². The molecule has 0 aromatic heterocycles. The molecule has 0 radical (unpaired) electrons. The van der Waals surface area contributed by atoms with Crippen LogP contribution in [0.3, 0.4) is 0 Å². The molecule has 4 rings (SSSR count). The largest absolute Gasteiger partial charge is 0.389 e. The van der Waals surface area contributed by atoms with Crippen LogP contribution >= 0.6 is 0 Å². The molecule has 0 aromatic carbocycles. The standard InChI is InChI=1S/C21H30O2/c1-20-11-8-19-17(18(20)6-4-14(20)9-12-22)5-3-15-13-16(23)7-10-21(15,19)2/h3,7,10,12,14,16-19,23H,4-6,8-9,11,13H2,1-2H3. The van der Waals surface area contributed by atoms with Crippen molar-refractivity contribution in [3.63, 3.8) is 0 Å². The number of aldehydes is 1. The summed E-state index contributed by atoms with van der Waals surface area (Å²) in [6, 6.07) is 0. The first-order valence-corrected chi connectivity index (χ1v) is 9.49.